The van der Waals surface area contributed by atoms with E-state index in [1.807, 2.05) is 47.5 Å². The van der Waals surface area contributed by atoms with Gasteiger partial charge in [-0.2, -0.15) is 0 Å². The molecule has 0 spiro atoms. The lowest BCUT2D eigenvalue weighted by Crippen LogP contribution is -2.51. The molecular formula is C23H24ClN3O4S. The van der Waals surface area contributed by atoms with Crippen LogP contribution in [0.5, 0.6) is 0 Å². The molecule has 9 heteroatoms. The van der Waals surface area contributed by atoms with Crippen molar-refractivity contribution in [2.75, 3.05) is 33.3 Å². The van der Waals surface area contributed by atoms with Crippen LogP contribution in [-0.4, -0.2) is 59.9 Å². The maximum atomic E-state index is 12.9. The van der Waals surface area contributed by atoms with Crippen molar-refractivity contribution >= 4 is 34.8 Å². The minimum atomic E-state index is -0.600. The highest BCUT2D eigenvalue weighted by molar-refractivity contribution is 7.13. The van der Waals surface area contributed by atoms with Gasteiger partial charge in [0.25, 0.3) is 0 Å². The van der Waals surface area contributed by atoms with E-state index in [1.165, 1.54) is 7.11 Å². The second-order valence-corrected chi connectivity index (χ2v) is 8.89. The Morgan fingerprint density at radius 3 is 2.59 bits per heavy atom. The van der Waals surface area contributed by atoms with E-state index in [4.69, 9.17) is 20.8 Å². The molecule has 1 aromatic carbocycles. The first-order valence-corrected chi connectivity index (χ1v) is 11.6. The first kappa shape index (κ1) is 22.5. The number of methoxy groups -OCH3 is 1. The summed E-state index contributed by atoms with van der Waals surface area (Å²) in [6.07, 6.45) is 0.186. The molecule has 0 saturated carbocycles. The van der Waals surface area contributed by atoms with Crippen molar-refractivity contribution in [2.45, 2.75) is 19.4 Å². The van der Waals surface area contributed by atoms with Crippen molar-refractivity contribution in [1.82, 2.24) is 14.8 Å². The lowest BCUT2D eigenvalue weighted by molar-refractivity contribution is -0.148. The molecule has 1 unspecified atom stereocenters. The molecule has 168 valence electrons. The fourth-order valence-corrected chi connectivity index (χ4v) is 4.75. The first-order valence-electron chi connectivity index (χ1n) is 10.3. The highest BCUT2D eigenvalue weighted by Gasteiger charge is 2.33. The molecule has 0 radical (unpaired) electrons. The van der Waals surface area contributed by atoms with Crippen LogP contribution in [0.2, 0.25) is 5.02 Å². The summed E-state index contributed by atoms with van der Waals surface area (Å²) in [4.78, 5) is 34.7. The zero-order valence-corrected chi connectivity index (χ0v) is 19.5. The number of thiophene rings is 1. The van der Waals surface area contributed by atoms with Gasteiger partial charge >= 0.3 is 5.97 Å². The number of hydrogen-bond donors (Lipinski definition) is 0. The average molecular weight is 474 g/mol. The Morgan fingerprint density at radius 2 is 1.94 bits per heavy atom. The van der Waals surface area contributed by atoms with E-state index >= 15 is 0 Å². The fraction of sp³-hybridized carbons (Fsp3) is 0.348. The van der Waals surface area contributed by atoms with Gasteiger partial charge in [-0.25, -0.2) is 9.78 Å². The molecule has 1 fully saturated rings. The molecule has 7 nitrogen and oxygen atoms in total. The lowest BCUT2D eigenvalue weighted by Gasteiger charge is -2.38. The monoisotopic (exact) mass is 473 g/mol. The van der Waals surface area contributed by atoms with E-state index in [0.29, 0.717) is 54.1 Å². The number of carbonyl (C=O) groups is 2. The zero-order chi connectivity index (χ0) is 22.7. The number of amides is 1. The molecule has 0 bridgehead atoms. The number of rotatable bonds is 6. The Morgan fingerprint density at radius 1 is 1.19 bits per heavy atom. The third kappa shape index (κ3) is 4.72. The van der Waals surface area contributed by atoms with E-state index in [-0.39, 0.29) is 18.3 Å². The number of esters is 1. The number of aromatic nitrogens is 1. The number of oxazole rings is 1. The van der Waals surface area contributed by atoms with Crippen molar-refractivity contribution < 1.29 is 18.7 Å². The minimum Gasteiger partial charge on any atom is -0.468 e. The molecule has 1 aliphatic rings. The molecule has 1 aliphatic heterocycles. The summed E-state index contributed by atoms with van der Waals surface area (Å²) in [5, 5.41) is 2.48. The van der Waals surface area contributed by atoms with Crippen molar-refractivity contribution in [2.24, 2.45) is 0 Å². The number of piperazine rings is 1. The van der Waals surface area contributed by atoms with E-state index in [9.17, 15) is 9.59 Å². The smallest absolute Gasteiger partial charge is 0.327 e. The quantitative estimate of drug-likeness (QED) is 0.504. The standard InChI is InChI=1S/C23H24ClN3O4S/c1-15-18(25-22(31-15)19-8-5-13-32-19)14-20(28)26-9-11-27(12-10-26)21(23(29)30-2)16-6-3-4-7-17(16)24/h3-8,13,21H,9-12,14H2,1-2H3. The maximum absolute atomic E-state index is 12.9. The van der Waals surface area contributed by atoms with E-state index in [2.05, 4.69) is 4.98 Å². The summed E-state index contributed by atoms with van der Waals surface area (Å²) in [5.41, 5.74) is 1.37. The number of halogens is 1. The summed E-state index contributed by atoms with van der Waals surface area (Å²) in [6.45, 7) is 3.91. The van der Waals surface area contributed by atoms with Gasteiger partial charge in [-0.1, -0.05) is 35.9 Å². The van der Waals surface area contributed by atoms with Crippen LogP contribution in [-0.2, 0) is 20.7 Å². The van der Waals surface area contributed by atoms with Gasteiger partial charge in [0, 0.05) is 31.2 Å². The summed E-state index contributed by atoms with van der Waals surface area (Å²) in [5.74, 6) is 0.832. The highest BCUT2D eigenvalue weighted by Crippen LogP contribution is 2.30. The third-order valence-electron chi connectivity index (χ3n) is 5.60. The Labute approximate surface area is 195 Å². The van der Waals surface area contributed by atoms with E-state index < -0.39 is 6.04 Å². The van der Waals surface area contributed by atoms with Gasteiger partial charge in [0.2, 0.25) is 11.8 Å². The number of benzene rings is 1. The van der Waals surface area contributed by atoms with Gasteiger partial charge in [0.1, 0.15) is 11.8 Å². The molecule has 3 heterocycles. The summed E-state index contributed by atoms with van der Waals surface area (Å²) in [7, 11) is 1.37. The molecule has 0 N–H and O–H groups in total. The van der Waals surface area contributed by atoms with Gasteiger partial charge < -0.3 is 14.1 Å². The van der Waals surface area contributed by atoms with Crippen molar-refractivity contribution in [3.63, 3.8) is 0 Å². The molecule has 1 saturated heterocycles. The van der Waals surface area contributed by atoms with E-state index in [1.54, 1.807) is 22.3 Å². The topological polar surface area (TPSA) is 75.9 Å². The number of carbonyl (C=O) groups excluding carboxylic acids is 2. The van der Waals surface area contributed by atoms with Crippen LogP contribution in [0.3, 0.4) is 0 Å². The Kier molecular flexibility index (Phi) is 6.93. The van der Waals surface area contributed by atoms with Crippen LogP contribution in [0.1, 0.15) is 23.1 Å². The number of nitrogens with zero attached hydrogens (tertiary/aromatic N) is 3. The fourth-order valence-electron chi connectivity index (χ4n) is 3.86. The Hall–Kier alpha value is -2.68. The summed E-state index contributed by atoms with van der Waals surface area (Å²) in [6, 6.07) is 10.5. The van der Waals surface area contributed by atoms with Gasteiger partial charge in [-0.3, -0.25) is 9.69 Å². The predicted octanol–water partition coefficient (Wildman–Crippen LogP) is 3.97. The average Bonchev–Trinajstić information content (AvgIpc) is 3.46. The van der Waals surface area contributed by atoms with Crippen molar-refractivity contribution in [3.8, 4) is 10.8 Å². The largest absolute Gasteiger partial charge is 0.468 e. The Balaban J connectivity index is 1.41. The third-order valence-corrected chi connectivity index (χ3v) is 6.80. The highest BCUT2D eigenvalue weighted by atomic mass is 35.5. The van der Waals surface area contributed by atoms with E-state index in [0.717, 1.165) is 4.88 Å². The van der Waals surface area contributed by atoms with Crippen LogP contribution in [0.4, 0.5) is 0 Å². The molecule has 1 amide bonds. The molecular weight excluding hydrogens is 450 g/mol. The van der Waals surface area contributed by atoms with Crippen LogP contribution >= 0.6 is 22.9 Å². The number of aryl methyl sites for hydroxylation is 1. The normalized spacial score (nSPS) is 15.5. The maximum Gasteiger partial charge on any atom is 0.327 e. The Bertz CT molecular complexity index is 1090. The van der Waals surface area contributed by atoms with Crippen molar-refractivity contribution in [3.05, 3.63) is 63.8 Å². The molecule has 32 heavy (non-hydrogen) atoms. The van der Waals surface area contributed by atoms with Gasteiger partial charge in [0.05, 0.1) is 24.1 Å². The summed E-state index contributed by atoms with van der Waals surface area (Å²) >= 11 is 7.90. The molecule has 1 atom stereocenters. The van der Waals surface area contributed by atoms with Crippen LogP contribution in [0, 0.1) is 6.92 Å². The number of ether oxygens (including phenoxy) is 1. The molecule has 3 aromatic rings. The van der Waals surface area contributed by atoms with Gasteiger partial charge in [0.15, 0.2) is 0 Å². The van der Waals surface area contributed by atoms with Crippen molar-refractivity contribution in [1.29, 1.82) is 0 Å². The molecule has 0 aliphatic carbocycles. The van der Waals surface area contributed by atoms with Gasteiger partial charge in [-0.15, -0.1) is 11.3 Å². The van der Waals surface area contributed by atoms with Crippen LogP contribution in [0.25, 0.3) is 10.8 Å². The molecule has 2 aromatic heterocycles. The van der Waals surface area contributed by atoms with Gasteiger partial charge in [-0.05, 0) is 30.0 Å². The SMILES string of the molecule is COC(=O)C(c1ccccc1Cl)N1CCN(C(=O)Cc2nc(-c3cccs3)oc2C)CC1. The number of hydrogen-bond acceptors (Lipinski definition) is 7. The summed E-state index contributed by atoms with van der Waals surface area (Å²) < 4.78 is 10.8. The predicted molar refractivity (Wildman–Crippen MR) is 123 cm³/mol. The second-order valence-electron chi connectivity index (χ2n) is 7.54. The second kappa shape index (κ2) is 9.85. The van der Waals surface area contributed by atoms with Crippen LogP contribution < -0.4 is 0 Å². The zero-order valence-electron chi connectivity index (χ0n) is 17.9. The first-order chi connectivity index (χ1) is 15.5. The lowest BCUT2D eigenvalue weighted by atomic mass is 10.0. The van der Waals surface area contributed by atoms with Crippen LogP contribution in [0.15, 0.2) is 46.2 Å². The minimum absolute atomic E-state index is 0.00820. The molecule has 4 rings (SSSR count).